The summed E-state index contributed by atoms with van der Waals surface area (Å²) in [6.07, 6.45) is 0. The molecule has 0 aromatic heterocycles. The maximum atomic E-state index is 12.4. The van der Waals surface area contributed by atoms with Gasteiger partial charge in [-0.2, -0.15) is 0 Å². The van der Waals surface area contributed by atoms with Gasteiger partial charge in [-0.1, -0.05) is 26.0 Å². The fourth-order valence-electron chi connectivity index (χ4n) is 2.32. The molecule has 2 rings (SSSR count). The summed E-state index contributed by atoms with van der Waals surface area (Å²) < 4.78 is 0. The van der Waals surface area contributed by atoms with E-state index in [1.54, 1.807) is 19.9 Å². The molecule has 5 nitrogen and oxygen atoms in total. The quantitative estimate of drug-likeness (QED) is 0.682. The van der Waals surface area contributed by atoms with Crippen LogP contribution >= 0.6 is 11.6 Å². The van der Waals surface area contributed by atoms with E-state index >= 15 is 0 Å². The van der Waals surface area contributed by atoms with Gasteiger partial charge in [-0.05, 0) is 6.07 Å². The van der Waals surface area contributed by atoms with Crippen LogP contribution < -0.4 is 5.32 Å². The molecule has 6 heteroatoms. The molecule has 1 aromatic rings. The largest absolute Gasteiger partial charge is 0.324 e. The van der Waals surface area contributed by atoms with Gasteiger partial charge < -0.3 is 5.32 Å². The van der Waals surface area contributed by atoms with Gasteiger partial charge in [0.25, 0.3) is 0 Å². The Hall–Kier alpha value is -2.01. The number of rotatable bonds is 4. The van der Waals surface area contributed by atoms with Crippen LogP contribution in [0.1, 0.15) is 34.6 Å². The monoisotopic (exact) mass is 307 g/mol. The molecule has 0 bridgehead atoms. The van der Waals surface area contributed by atoms with E-state index in [-0.39, 0.29) is 22.7 Å². The summed E-state index contributed by atoms with van der Waals surface area (Å²) in [5.41, 5.74) is 0.488. The normalized spacial score (nSPS) is 17.0. The minimum Gasteiger partial charge on any atom is -0.324 e. The average molecular weight is 308 g/mol. The molecule has 1 unspecified atom stereocenters. The lowest BCUT2D eigenvalue weighted by Crippen LogP contribution is -2.29. The number of benzene rings is 1. The second-order valence-corrected chi connectivity index (χ2v) is 5.40. The van der Waals surface area contributed by atoms with Crippen LogP contribution in [0.2, 0.25) is 0 Å². The molecule has 1 aliphatic rings. The zero-order chi connectivity index (χ0) is 15.7. The van der Waals surface area contributed by atoms with Crippen molar-refractivity contribution in [2.75, 3.05) is 11.2 Å². The van der Waals surface area contributed by atoms with Crippen LogP contribution in [0.25, 0.3) is 0 Å². The van der Waals surface area contributed by atoms with E-state index in [0.29, 0.717) is 0 Å². The standard InChI is InChI=1S/C15H14ClNO4/c1-7(2)13(19)12-14(20)8-4-3-5-9(11(8)15(12)21)17-10(18)6-16/h3-5,7,12H,6H2,1-2H3,(H,17,18). The zero-order valence-corrected chi connectivity index (χ0v) is 12.4. The fourth-order valence-corrected chi connectivity index (χ4v) is 2.39. The number of anilines is 1. The Morgan fingerprint density at radius 1 is 1.24 bits per heavy atom. The van der Waals surface area contributed by atoms with Gasteiger partial charge in [-0.3, -0.25) is 19.2 Å². The molecule has 1 atom stereocenters. The van der Waals surface area contributed by atoms with Gasteiger partial charge in [-0.25, -0.2) is 0 Å². The number of carbonyl (C=O) groups excluding carboxylic acids is 4. The summed E-state index contributed by atoms with van der Waals surface area (Å²) in [6.45, 7) is 3.28. The molecular formula is C15H14ClNO4. The molecule has 0 fully saturated rings. The van der Waals surface area contributed by atoms with Crippen molar-refractivity contribution < 1.29 is 19.2 Å². The first-order chi connectivity index (χ1) is 9.88. The first-order valence-corrected chi connectivity index (χ1v) is 7.03. The second kappa shape index (κ2) is 5.77. The van der Waals surface area contributed by atoms with E-state index in [2.05, 4.69) is 5.32 Å². The predicted octanol–water partition coefficient (Wildman–Crippen LogP) is 2.08. The lowest BCUT2D eigenvalue weighted by molar-refractivity contribution is -0.123. The number of hydrogen-bond donors (Lipinski definition) is 1. The summed E-state index contributed by atoms with van der Waals surface area (Å²) in [5, 5.41) is 2.48. The number of alkyl halides is 1. The van der Waals surface area contributed by atoms with Gasteiger partial charge in [0, 0.05) is 11.5 Å². The first kappa shape index (κ1) is 15.4. The van der Waals surface area contributed by atoms with Crippen LogP contribution in [0.4, 0.5) is 5.69 Å². The third-order valence-corrected chi connectivity index (χ3v) is 3.59. The lowest BCUT2D eigenvalue weighted by atomic mass is 9.91. The molecule has 0 saturated heterocycles. The van der Waals surface area contributed by atoms with Crippen molar-refractivity contribution >= 4 is 40.5 Å². The van der Waals surface area contributed by atoms with Crippen LogP contribution in [-0.4, -0.2) is 29.1 Å². The summed E-state index contributed by atoms with van der Waals surface area (Å²) in [4.78, 5) is 48.2. The molecule has 1 aliphatic carbocycles. The van der Waals surface area contributed by atoms with Crippen molar-refractivity contribution in [1.29, 1.82) is 0 Å². The Kier molecular flexibility index (Phi) is 4.23. The highest BCUT2D eigenvalue weighted by atomic mass is 35.5. The number of Topliss-reactive ketones (excluding diaryl/α,β-unsaturated/α-hetero) is 3. The molecule has 110 valence electrons. The minimum absolute atomic E-state index is 0.0972. The topological polar surface area (TPSA) is 80.3 Å². The third kappa shape index (κ3) is 2.61. The number of halogens is 1. The molecule has 21 heavy (non-hydrogen) atoms. The number of fused-ring (bicyclic) bond motifs is 1. The molecule has 1 amide bonds. The molecule has 0 spiro atoms. The molecule has 0 radical (unpaired) electrons. The number of carbonyl (C=O) groups is 4. The first-order valence-electron chi connectivity index (χ1n) is 6.49. The van der Waals surface area contributed by atoms with E-state index < -0.39 is 35.1 Å². The Labute approximate surface area is 126 Å². The number of nitrogens with one attached hydrogen (secondary N) is 1. The van der Waals surface area contributed by atoms with Crippen LogP contribution in [0, 0.1) is 11.8 Å². The van der Waals surface area contributed by atoms with Crippen LogP contribution in [0.5, 0.6) is 0 Å². The Morgan fingerprint density at radius 2 is 1.90 bits per heavy atom. The smallest absolute Gasteiger partial charge is 0.239 e. The SMILES string of the molecule is CC(C)C(=O)C1C(=O)c2cccc(NC(=O)CCl)c2C1=O. The Balaban J connectivity index is 2.47. The maximum Gasteiger partial charge on any atom is 0.239 e. The Morgan fingerprint density at radius 3 is 2.48 bits per heavy atom. The second-order valence-electron chi connectivity index (χ2n) is 5.13. The van der Waals surface area contributed by atoms with Gasteiger partial charge in [0.15, 0.2) is 17.3 Å². The average Bonchev–Trinajstić information content (AvgIpc) is 2.71. The lowest BCUT2D eigenvalue weighted by Gasteiger charge is -2.09. The van der Waals surface area contributed by atoms with Gasteiger partial charge in [-0.15, -0.1) is 11.6 Å². The zero-order valence-electron chi connectivity index (χ0n) is 11.6. The van der Waals surface area contributed by atoms with Gasteiger partial charge in [0.05, 0.1) is 11.3 Å². The highest BCUT2D eigenvalue weighted by molar-refractivity contribution is 6.37. The predicted molar refractivity (Wildman–Crippen MR) is 77.8 cm³/mol. The summed E-state index contributed by atoms with van der Waals surface area (Å²) in [6, 6.07) is 4.55. The van der Waals surface area contributed by atoms with E-state index in [1.807, 2.05) is 0 Å². The van der Waals surface area contributed by atoms with E-state index in [4.69, 9.17) is 11.6 Å². The van der Waals surface area contributed by atoms with Crippen molar-refractivity contribution in [3.63, 3.8) is 0 Å². The minimum atomic E-state index is -1.30. The van der Waals surface area contributed by atoms with Crippen molar-refractivity contribution in [3.8, 4) is 0 Å². The third-order valence-electron chi connectivity index (χ3n) is 3.35. The van der Waals surface area contributed by atoms with Gasteiger partial charge in [0.1, 0.15) is 11.8 Å². The van der Waals surface area contributed by atoms with E-state index in [9.17, 15) is 19.2 Å². The van der Waals surface area contributed by atoms with Gasteiger partial charge in [0.2, 0.25) is 5.91 Å². The highest BCUT2D eigenvalue weighted by Gasteiger charge is 2.45. The van der Waals surface area contributed by atoms with Crippen molar-refractivity contribution in [3.05, 3.63) is 29.3 Å². The van der Waals surface area contributed by atoms with Crippen molar-refractivity contribution in [2.24, 2.45) is 11.8 Å². The fraction of sp³-hybridized carbons (Fsp3) is 0.333. The van der Waals surface area contributed by atoms with Crippen LogP contribution in [-0.2, 0) is 9.59 Å². The van der Waals surface area contributed by atoms with E-state index in [0.717, 1.165) is 0 Å². The molecule has 1 aromatic carbocycles. The number of ketones is 3. The van der Waals surface area contributed by atoms with Gasteiger partial charge >= 0.3 is 0 Å². The molecule has 0 saturated carbocycles. The summed E-state index contributed by atoms with van der Waals surface area (Å²) in [5.74, 6) is -3.93. The molecule has 0 heterocycles. The number of hydrogen-bond acceptors (Lipinski definition) is 4. The van der Waals surface area contributed by atoms with Crippen molar-refractivity contribution in [1.82, 2.24) is 0 Å². The summed E-state index contributed by atoms with van der Waals surface area (Å²) in [7, 11) is 0. The van der Waals surface area contributed by atoms with E-state index in [1.165, 1.54) is 12.1 Å². The molecular weight excluding hydrogens is 294 g/mol. The highest BCUT2D eigenvalue weighted by Crippen LogP contribution is 2.34. The van der Waals surface area contributed by atoms with Crippen LogP contribution in [0.3, 0.4) is 0 Å². The Bertz CT molecular complexity index is 651. The molecule has 1 N–H and O–H groups in total. The van der Waals surface area contributed by atoms with Crippen molar-refractivity contribution in [2.45, 2.75) is 13.8 Å². The maximum absolute atomic E-state index is 12.4. The summed E-state index contributed by atoms with van der Waals surface area (Å²) >= 11 is 5.42. The van der Waals surface area contributed by atoms with Crippen LogP contribution in [0.15, 0.2) is 18.2 Å². The molecule has 0 aliphatic heterocycles. The number of amides is 1.